The van der Waals surface area contributed by atoms with E-state index in [-0.39, 0.29) is 0 Å². The van der Waals surface area contributed by atoms with Gasteiger partial charge in [0.25, 0.3) is 0 Å². The quantitative estimate of drug-likeness (QED) is 0.172. The zero-order valence-corrected chi connectivity index (χ0v) is 40.7. The lowest BCUT2D eigenvalue weighted by Crippen LogP contribution is -2.32. The lowest BCUT2D eigenvalue weighted by Gasteiger charge is -2.39. The van der Waals surface area contributed by atoms with Gasteiger partial charge in [-0.2, -0.15) is 0 Å². The molecule has 0 aromatic heterocycles. The van der Waals surface area contributed by atoms with E-state index in [9.17, 15) is 0 Å². The zero-order chi connectivity index (χ0) is 49.2. The summed E-state index contributed by atoms with van der Waals surface area (Å²) < 4.78 is 13.5. The predicted molar refractivity (Wildman–Crippen MR) is 304 cm³/mol. The van der Waals surface area contributed by atoms with Crippen molar-refractivity contribution in [1.82, 2.24) is 0 Å². The van der Waals surface area contributed by atoms with E-state index >= 15 is 0 Å². The van der Waals surface area contributed by atoms with Gasteiger partial charge in [0, 0.05) is 39.2 Å². The molecular weight excluding hydrogens is 911 g/mol. The third-order valence-electron chi connectivity index (χ3n) is 16.6. The third kappa shape index (κ3) is 5.75. The molecule has 2 spiro atoms. The Labute approximate surface area is 435 Å². The van der Waals surface area contributed by atoms with Crippen LogP contribution in [0.2, 0.25) is 0 Å². The first-order valence-corrected chi connectivity index (χ1v) is 25.9. The molecule has 3 heteroatoms. The minimum atomic E-state index is -0.635. The zero-order valence-electron chi connectivity index (χ0n) is 40.7. The lowest BCUT2D eigenvalue weighted by atomic mass is 9.66. The van der Waals surface area contributed by atoms with Crippen LogP contribution < -0.4 is 14.4 Å². The topological polar surface area (TPSA) is 21.7 Å². The smallest absolute Gasteiger partial charge is 0.132 e. The van der Waals surface area contributed by atoms with Crippen molar-refractivity contribution in [3.05, 3.63) is 317 Å². The highest BCUT2D eigenvalue weighted by molar-refractivity contribution is 6.07. The van der Waals surface area contributed by atoms with Crippen LogP contribution >= 0.6 is 0 Å². The maximum absolute atomic E-state index is 6.78. The molecule has 0 fully saturated rings. The molecular formula is C72H45NO2. The van der Waals surface area contributed by atoms with Crippen LogP contribution in [0.25, 0.3) is 55.3 Å². The molecule has 0 bridgehead atoms. The Bertz CT molecular complexity index is 4230. The van der Waals surface area contributed by atoms with Crippen molar-refractivity contribution in [3.8, 4) is 67.5 Å². The number of fused-ring (bicyclic) bond motifs is 20. The second-order valence-electron chi connectivity index (χ2n) is 20.2. The van der Waals surface area contributed by atoms with Gasteiger partial charge in [-0.15, -0.1) is 0 Å². The molecule has 2 heterocycles. The summed E-state index contributed by atoms with van der Waals surface area (Å²) in [5.74, 6) is 3.53. The van der Waals surface area contributed by atoms with Crippen LogP contribution in [0.4, 0.5) is 17.1 Å². The molecule has 3 nitrogen and oxygen atoms in total. The fourth-order valence-electron chi connectivity index (χ4n) is 13.6. The van der Waals surface area contributed by atoms with Crippen molar-refractivity contribution in [2.45, 2.75) is 10.8 Å². The van der Waals surface area contributed by atoms with Crippen molar-refractivity contribution in [3.63, 3.8) is 0 Å². The minimum Gasteiger partial charge on any atom is -0.457 e. The number of benzene rings is 12. The average molecular weight is 956 g/mol. The number of anilines is 3. The molecule has 0 saturated carbocycles. The summed E-state index contributed by atoms with van der Waals surface area (Å²) in [6.45, 7) is 0. The van der Waals surface area contributed by atoms with Gasteiger partial charge in [-0.3, -0.25) is 0 Å². The van der Waals surface area contributed by atoms with Crippen LogP contribution in [-0.2, 0) is 10.8 Å². The van der Waals surface area contributed by atoms with Crippen molar-refractivity contribution in [2.24, 2.45) is 0 Å². The Morgan fingerprint density at radius 3 is 1.32 bits per heavy atom. The van der Waals surface area contributed by atoms with E-state index in [1.165, 1.54) is 66.4 Å². The van der Waals surface area contributed by atoms with Gasteiger partial charge in [-0.1, -0.05) is 218 Å². The van der Waals surface area contributed by atoms with Crippen LogP contribution in [0.5, 0.6) is 23.0 Å². The Kier molecular flexibility index (Phi) is 8.88. The fraction of sp³-hybridized carbons (Fsp3) is 0.0278. The Morgan fingerprint density at radius 2 is 0.693 bits per heavy atom. The van der Waals surface area contributed by atoms with E-state index in [0.717, 1.165) is 73.4 Å². The van der Waals surface area contributed by atoms with Crippen LogP contribution in [-0.4, -0.2) is 0 Å². The van der Waals surface area contributed by atoms with E-state index in [2.05, 4.69) is 278 Å². The molecule has 2 aliphatic heterocycles. The fourth-order valence-corrected chi connectivity index (χ4v) is 13.6. The largest absolute Gasteiger partial charge is 0.457 e. The number of hydrogen-bond donors (Lipinski definition) is 0. The van der Waals surface area contributed by atoms with Gasteiger partial charge in [-0.25, -0.2) is 0 Å². The first-order chi connectivity index (χ1) is 37.2. The summed E-state index contributed by atoms with van der Waals surface area (Å²) in [7, 11) is 0. The minimum absolute atomic E-state index is 0.584. The molecule has 75 heavy (non-hydrogen) atoms. The van der Waals surface area contributed by atoms with E-state index in [0.29, 0.717) is 0 Å². The molecule has 2 aliphatic carbocycles. The number of nitrogens with zero attached hydrogens (tertiary/aromatic N) is 1. The van der Waals surface area contributed by atoms with Crippen molar-refractivity contribution in [2.75, 3.05) is 4.90 Å². The highest BCUT2D eigenvalue weighted by Gasteiger charge is 2.53. The Morgan fingerprint density at radius 1 is 0.267 bits per heavy atom. The second-order valence-corrected chi connectivity index (χ2v) is 20.2. The van der Waals surface area contributed by atoms with E-state index in [1.807, 2.05) is 0 Å². The number of hydrogen-bond acceptors (Lipinski definition) is 3. The monoisotopic (exact) mass is 955 g/mol. The Balaban J connectivity index is 0.967. The van der Waals surface area contributed by atoms with Crippen molar-refractivity contribution < 1.29 is 9.47 Å². The SMILES string of the molecule is c1ccc(-c2ccc(-c3ccccc3N(c3ccc4c(c3)C3(c5ccccc5Oc5ccccc53)c3ccccc3-4)c3ccc4ccc5c(c4c3)-c3ccccc3C53c4ccccc4Oc4ccccc43)cc2)cc1. The molecule has 0 saturated heterocycles. The summed E-state index contributed by atoms with van der Waals surface area (Å²) in [4.78, 5) is 2.50. The van der Waals surface area contributed by atoms with Gasteiger partial charge in [0.2, 0.25) is 0 Å². The third-order valence-corrected chi connectivity index (χ3v) is 16.6. The highest BCUT2D eigenvalue weighted by Crippen LogP contribution is 2.65. The van der Waals surface area contributed by atoms with E-state index in [1.54, 1.807) is 0 Å². The maximum atomic E-state index is 6.78. The molecule has 0 radical (unpaired) electrons. The number of ether oxygens (including phenoxy) is 2. The molecule has 12 aromatic rings. The molecule has 16 rings (SSSR count). The number of rotatable bonds is 5. The van der Waals surface area contributed by atoms with Gasteiger partial charge < -0.3 is 14.4 Å². The standard InChI is InChI=1S/C72H45NO2/c1-2-18-46(19-3-1)47-34-36-48(37-35-47)52-20-6-13-29-65(52)73(51-41-42-54-53-21-4-7-23-57(53)72(64(54)45-51)61-27-11-16-32-68(61)75-69-33-17-12-28-62(69)72)50-40-38-49-39-43-63-70(56(49)44-50)55-22-5-8-24-58(55)71(63)59-25-9-14-30-66(59)74-67-31-15-10-26-60(67)71/h1-45H. The summed E-state index contributed by atoms with van der Waals surface area (Å²) in [5.41, 5.74) is 21.2. The predicted octanol–water partition coefficient (Wildman–Crippen LogP) is 18.6. The van der Waals surface area contributed by atoms with Crippen LogP contribution in [0.3, 0.4) is 0 Å². The summed E-state index contributed by atoms with van der Waals surface area (Å²) in [5, 5.41) is 2.38. The van der Waals surface area contributed by atoms with Crippen molar-refractivity contribution in [1.29, 1.82) is 0 Å². The molecule has 4 aliphatic rings. The molecule has 0 atom stereocenters. The van der Waals surface area contributed by atoms with Crippen LogP contribution in [0.1, 0.15) is 44.5 Å². The Hall–Kier alpha value is -9.70. The van der Waals surface area contributed by atoms with Gasteiger partial charge >= 0.3 is 0 Å². The maximum Gasteiger partial charge on any atom is 0.132 e. The first kappa shape index (κ1) is 41.9. The van der Waals surface area contributed by atoms with E-state index < -0.39 is 10.8 Å². The van der Waals surface area contributed by atoms with Gasteiger partial charge in [-0.05, 0) is 127 Å². The van der Waals surface area contributed by atoms with E-state index in [4.69, 9.17) is 9.47 Å². The molecule has 0 unspecified atom stereocenters. The van der Waals surface area contributed by atoms with Crippen LogP contribution in [0, 0.1) is 0 Å². The molecule has 0 N–H and O–H groups in total. The van der Waals surface area contributed by atoms with Crippen molar-refractivity contribution >= 4 is 27.8 Å². The van der Waals surface area contributed by atoms with Gasteiger partial charge in [0.15, 0.2) is 0 Å². The highest BCUT2D eigenvalue weighted by atomic mass is 16.5. The summed E-state index contributed by atoms with van der Waals surface area (Å²) >= 11 is 0. The number of para-hydroxylation sites is 5. The lowest BCUT2D eigenvalue weighted by molar-refractivity contribution is 0.436. The summed E-state index contributed by atoms with van der Waals surface area (Å²) in [6, 6.07) is 100. The first-order valence-electron chi connectivity index (χ1n) is 25.9. The average Bonchev–Trinajstić information content (AvgIpc) is 4.15. The van der Waals surface area contributed by atoms with Gasteiger partial charge in [0.05, 0.1) is 16.5 Å². The van der Waals surface area contributed by atoms with Gasteiger partial charge in [0.1, 0.15) is 23.0 Å². The normalized spacial score (nSPS) is 14.0. The second kappa shape index (κ2) is 15.9. The molecule has 0 amide bonds. The molecule has 350 valence electrons. The summed E-state index contributed by atoms with van der Waals surface area (Å²) in [6.07, 6.45) is 0. The van der Waals surface area contributed by atoms with Crippen LogP contribution in [0.15, 0.2) is 273 Å². The molecule has 12 aromatic carbocycles.